The average molecular weight is 431 g/mol. The van der Waals surface area contributed by atoms with Crippen LogP contribution in [0.2, 0.25) is 0 Å². The molecular formula is C22H26N2O5S. The molecule has 0 radical (unpaired) electrons. The van der Waals surface area contributed by atoms with Crippen molar-refractivity contribution in [2.45, 2.75) is 39.7 Å². The first-order chi connectivity index (χ1) is 14.4. The fraction of sp³-hybridized carbons (Fsp3) is 0.409. The third-order valence-corrected chi connectivity index (χ3v) is 6.02. The summed E-state index contributed by atoms with van der Waals surface area (Å²) in [4.78, 5) is 32.6. The largest absolute Gasteiger partial charge is 0.503 e. The maximum atomic E-state index is 13.4. The van der Waals surface area contributed by atoms with Gasteiger partial charge in [0.15, 0.2) is 5.76 Å². The second kappa shape index (κ2) is 9.40. The number of thiazole rings is 1. The van der Waals surface area contributed by atoms with Crippen molar-refractivity contribution in [1.82, 2.24) is 9.88 Å². The maximum Gasteiger partial charge on any atom is 0.290 e. The predicted molar refractivity (Wildman–Crippen MR) is 114 cm³/mol. The van der Waals surface area contributed by atoms with Crippen LogP contribution in [0.25, 0.3) is 0 Å². The SMILES string of the molecule is CCCCN1C(=O)C(O)=C(C(=O)c2sc(C)nc2C)C1c1cccc(OCCO)c1. The van der Waals surface area contributed by atoms with E-state index in [0.29, 0.717) is 28.4 Å². The van der Waals surface area contributed by atoms with Crippen LogP contribution in [0.1, 0.15) is 51.7 Å². The number of aryl methyl sites for hydroxylation is 2. The molecule has 8 heteroatoms. The number of ketones is 1. The molecule has 3 rings (SSSR count). The summed E-state index contributed by atoms with van der Waals surface area (Å²) in [6.45, 7) is 6.01. The highest BCUT2D eigenvalue weighted by atomic mass is 32.1. The molecule has 2 N–H and O–H groups in total. The van der Waals surface area contributed by atoms with Crippen molar-refractivity contribution in [3.63, 3.8) is 0 Å². The third-order valence-electron chi connectivity index (χ3n) is 4.94. The Balaban J connectivity index is 2.07. The predicted octanol–water partition coefficient (Wildman–Crippen LogP) is 3.51. The van der Waals surface area contributed by atoms with Gasteiger partial charge in [-0.15, -0.1) is 11.3 Å². The van der Waals surface area contributed by atoms with E-state index in [2.05, 4.69) is 4.98 Å². The molecule has 0 saturated carbocycles. The lowest BCUT2D eigenvalue weighted by molar-refractivity contribution is -0.129. The zero-order valence-corrected chi connectivity index (χ0v) is 18.2. The molecule has 1 aromatic heterocycles. The highest BCUT2D eigenvalue weighted by Crippen LogP contribution is 2.41. The number of hydrogen-bond donors (Lipinski definition) is 2. The summed E-state index contributed by atoms with van der Waals surface area (Å²) in [7, 11) is 0. The lowest BCUT2D eigenvalue weighted by atomic mass is 9.94. The zero-order chi connectivity index (χ0) is 21.8. The van der Waals surface area contributed by atoms with Crippen LogP contribution in [-0.2, 0) is 4.79 Å². The van der Waals surface area contributed by atoms with E-state index < -0.39 is 17.7 Å². The van der Waals surface area contributed by atoms with Crippen LogP contribution in [0.4, 0.5) is 0 Å². The number of benzene rings is 1. The maximum absolute atomic E-state index is 13.4. The summed E-state index contributed by atoms with van der Waals surface area (Å²) in [5.74, 6) is -0.910. The van der Waals surface area contributed by atoms with Crippen molar-refractivity contribution in [1.29, 1.82) is 0 Å². The molecule has 0 aliphatic carbocycles. The molecular weight excluding hydrogens is 404 g/mol. The summed E-state index contributed by atoms with van der Waals surface area (Å²) >= 11 is 1.25. The van der Waals surface area contributed by atoms with Crippen molar-refractivity contribution in [3.05, 3.63) is 56.7 Å². The number of aromatic nitrogens is 1. The first-order valence-electron chi connectivity index (χ1n) is 9.95. The van der Waals surface area contributed by atoms with Crippen LogP contribution in [0.5, 0.6) is 5.75 Å². The average Bonchev–Trinajstić information content (AvgIpc) is 3.20. The first kappa shape index (κ1) is 22.0. The van der Waals surface area contributed by atoms with Crippen molar-refractivity contribution >= 4 is 23.0 Å². The highest BCUT2D eigenvalue weighted by Gasteiger charge is 2.44. The molecule has 0 saturated heterocycles. The van der Waals surface area contributed by atoms with E-state index in [1.54, 1.807) is 36.1 Å². The number of unbranched alkanes of at least 4 members (excludes halogenated alkanes) is 1. The van der Waals surface area contributed by atoms with Gasteiger partial charge in [0.05, 0.1) is 33.8 Å². The van der Waals surface area contributed by atoms with Crippen molar-refractivity contribution in [2.24, 2.45) is 0 Å². The van der Waals surface area contributed by atoms with E-state index >= 15 is 0 Å². The molecule has 1 amide bonds. The fourth-order valence-corrected chi connectivity index (χ4v) is 4.47. The lowest BCUT2D eigenvalue weighted by Gasteiger charge is -2.27. The summed E-state index contributed by atoms with van der Waals surface area (Å²) in [6, 6.07) is 6.34. The Morgan fingerprint density at radius 2 is 2.10 bits per heavy atom. The van der Waals surface area contributed by atoms with E-state index in [1.807, 2.05) is 13.8 Å². The Bertz CT molecular complexity index is 982. The van der Waals surface area contributed by atoms with Gasteiger partial charge in [-0.2, -0.15) is 0 Å². The van der Waals surface area contributed by atoms with Gasteiger partial charge in [0.1, 0.15) is 12.4 Å². The quantitative estimate of drug-likeness (QED) is 0.591. The van der Waals surface area contributed by atoms with Gasteiger partial charge in [0, 0.05) is 6.54 Å². The molecule has 30 heavy (non-hydrogen) atoms. The van der Waals surface area contributed by atoms with Gasteiger partial charge in [-0.25, -0.2) is 4.98 Å². The summed E-state index contributed by atoms with van der Waals surface area (Å²) < 4.78 is 5.50. The number of carbonyl (C=O) groups excluding carboxylic acids is 2. The minimum absolute atomic E-state index is 0.0714. The normalized spacial score (nSPS) is 16.5. The fourth-order valence-electron chi connectivity index (χ4n) is 3.59. The number of aliphatic hydroxyl groups excluding tert-OH is 2. The lowest BCUT2D eigenvalue weighted by Crippen LogP contribution is -2.32. The molecule has 7 nitrogen and oxygen atoms in total. The minimum Gasteiger partial charge on any atom is -0.503 e. The molecule has 1 unspecified atom stereocenters. The number of carbonyl (C=O) groups is 2. The first-order valence-corrected chi connectivity index (χ1v) is 10.8. The van der Waals surface area contributed by atoms with E-state index in [4.69, 9.17) is 9.84 Å². The third kappa shape index (κ3) is 4.24. The Labute approximate surface area is 179 Å². The standard InChI is InChI=1S/C22H26N2O5S/c1-4-5-9-24-18(15-7-6-8-16(12-15)29-11-10-25)17(20(27)22(24)28)19(26)21-13(2)23-14(3)30-21/h6-8,12,18,25,27H,4-5,9-11H2,1-3H3. The summed E-state index contributed by atoms with van der Waals surface area (Å²) in [6.07, 6.45) is 1.61. The van der Waals surface area contributed by atoms with E-state index in [0.717, 1.165) is 17.8 Å². The molecule has 0 spiro atoms. The van der Waals surface area contributed by atoms with Crippen LogP contribution in [0, 0.1) is 13.8 Å². The molecule has 1 atom stereocenters. The second-order valence-corrected chi connectivity index (χ2v) is 8.34. The van der Waals surface area contributed by atoms with Gasteiger partial charge >= 0.3 is 0 Å². The van der Waals surface area contributed by atoms with E-state index in [-0.39, 0.29) is 24.6 Å². The number of aliphatic hydroxyl groups is 2. The summed E-state index contributed by atoms with van der Waals surface area (Å²) in [5, 5.41) is 20.5. The molecule has 1 aromatic carbocycles. The molecule has 2 aromatic rings. The van der Waals surface area contributed by atoms with Gasteiger partial charge in [0.2, 0.25) is 5.78 Å². The number of ether oxygens (including phenoxy) is 1. The van der Waals surface area contributed by atoms with Crippen molar-refractivity contribution < 1.29 is 24.5 Å². The number of hydrogen-bond acceptors (Lipinski definition) is 7. The van der Waals surface area contributed by atoms with Crippen LogP contribution in [0.3, 0.4) is 0 Å². The van der Waals surface area contributed by atoms with Gasteiger partial charge < -0.3 is 19.8 Å². The van der Waals surface area contributed by atoms with Crippen molar-refractivity contribution in [2.75, 3.05) is 19.8 Å². The Morgan fingerprint density at radius 1 is 1.33 bits per heavy atom. The van der Waals surface area contributed by atoms with Gasteiger partial charge in [0.25, 0.3) is 5.91 Å². The van der Waals surface area contributed by atoms with E-state index in [9.17, 15) is 14.7 Å². The molecule has 0 fully saturated rings. The van der Waals surface area contributed by atoms with Gasteiger partial charge in [-0.1, -0.05) is 25.5 Å². The van der Waals surface area contributed by atoms with Crippen molar-refractivity contribution in [3.8, 4) is 5.75 Å². The van der Waals surface area contributed by atoms with Gasteiger partial charge in [-0.05, 0) is 38.0 Å². The number of nitrogens with zero attached hydrogens (tertiary/aromatic N) is 2. The highest BCUT2D eigenvalue weighted by molar-refractivity contribution is 7.14. The Morgan fingerprint density at radius 3 is 2.73 bits per heavy atom. The smallest absolute Gasteiger partial charge is 0.290 e. The van der Waals surface area contributed by atoms with Crippen LogP contribution >= 0.6 is 11.3 Å². The Hall–Kier alpha value is -2.71. The van der Waals surface area contributed by atoms with Crippen LogP contribution in [-0.4, -0.2) is 51.5 Å². The second-order valence-electron chi connectivity index (χ2n) is 7.14. The number of Topliss-reactive ketones (excluding diaryl/α,β-unsaturated/α-hetero) is 1. The van der Waals surface area contributed by atoms with Crippen LogP contribution in [0.15, 0.2) is 35.6 Å². The monoisotopic (exact) mass is 430 g/mol. The molecule has 1 aliphatic heterocycles. The molecule has 1 aliphatic rings. The molecule has 160 valence electrons. The molecule has 0 bridgehead atoms. The number of amides is 1. The van der Waals surface area contributed by atoms with Gasteiger partial charge in [-0.3, -0.25) is 9.59 Å². The summed E-state index contributed by atoms with van der Waals surface area (Å²) in [5.41, 5.74) is 1.32. The Kier molecular flexibility index (Phi) is 6.89. The zero-order valence-electron chi connectivity index (χ0n) is 17.3. The minimum atomic E-state index is -0.712. The van der Waals surface area contributed by atoms with Crippen LogP contribution < -0.4 is 4.74 Å². The molecule has 2 heterocycles. The number of rotatable bonds is 9. The topological polar surface area (TPSA) is 100.0 Å². The van der Waals surface area contributed by atoms with E-state index in [1.165, 1.54) is 11.3 Å².